The van der Waals surface area contributed by atoms with Crippen LogP contribution in [0.2, 0.25) is 0 Å². The molecule has 0 amide bonds. The van der Waals surface area contributed by atoms with Gasteiger partial charge < -0.3 is 0 Å². The van der Waals surface area contributed by atoms with Crippen molar-refractivity contribution in [2.45, 2.75) is 84.5 Å². The molecule has 1 saturated carbocycles. The lowest BCUT2D eigenvalue weighted by Crippen LogP contribution is -2.13. The Balaban J connectivity index is 2.41. The van der Waals surface area contributed by atoms with Crippen molar-refractivity contribution >= 4 is 0 Å². The molecule has 1 aliphatic rings. The van der Waals surface area contributed by atoms with Gasteiger partial charge in [-0.05, 0) is 11.8 Å². The number of hydrogen-bond donors (Lipinski definition) is 0. The van der Waals surface area contributed by atoms with E-state index in [1.54, 1.807) is 0 Å². The van der Waals surface area contributed by atoms with Crippen molar-refractivity contribution in [1.82, 2.24) is 0 Å². The van der Waals surface area contributed by atoms with E-state index in [2.05, 4.69) is 13.8 Å². The molecule has 1 fully saturated rings. The molecule has 0 aromatic heterocycles. The van der Waals surface area contributed by atoms with Gasteiger partial charge >= 0.3 is 0 Å². The Morgan fingerprint density at radius 3 is 1.27 bits per heavy atom. The molecule has 0 aliphatic heterocycles. The van der Waals surface area contributed by atoms with E-state index >= 15 is 0 Å². The van der Waals surface area contributed by atoms with E-state index in [9.17, 15) is 0 Å². The van der Waals surface area contributed by atoms with E-state index in [0.717, 1.165) is 11.8 Å². The molecular weight excluding hydrogens is 180 g/mol. The van der Waals surface area contributed by atoms with Crippen LogP contribution in [0.25, 0.3) is 0 Å². The quantitative estimate of drug-likeness (QED) is 0.559. The fraction of sp³-hybridized carbons (Fsp3) is 1.00. The Morgan fingerprint density at radius 2 is 0.933 bits per heavy atom. The molecule has 0 nitrogen and oxygen atoms in total. The average molecular weight is 210 g/mol. The highest BCUT2D eigenvalue weighted by atomic mass is 14.2. The lowest BCUT2D eigenvalue weighted by molar-refractivity contribution is 0.267. The SMILES string of the molecule is CCC1CCCCCCCCCC1CC. The monoisotopic (exact) mass is 210 g/mol. The van der Waals surface area contributed by atoms with Crippen LogP contribution in [0.15, 0.2) is 0 Å². The molecule has 0 saturated heterocycles. The average Bonchev–Trinajstić information content (AvgIpc) is 2.32. The van der Waals surface area contributed by atoms with Crippen LogP contribution in [-0.4, -0.2) is 0 Å². The standard InChI is InChI=1S/C15H30/c1-3-14-12-10-8-6-5-7-9-11-13-15(14)4-2/h14-15H,3-13H2,1-2H3. The summed E-state index contributed by atoms with van der Waals surface area (Å²) >= 11 is 0. The smallest absolute Gasteiger partial charge is 0.0389 e. The molecule has 2 unspecified atom stereocenters. The zero-order valence-corrected chi connectivity index (χ0v) is 10.9. The van der Waals surface area contributed by atoms with Gasteiger partial charge in [-0.1, -0.05) is 84.5 Å². The first-order chi connectivity index (χ1) is 7.38. The first-order valence-electron chi connectivity index (χ1n) is 7.38. The van der Waals surface area contributed by atoms with E-state index < -0.39 is 0 Å². The van der Waals surface area contributed by atoms with Gasteiger partial charge in [-0.3, -0.25) is 0 Å². The van der Waals surface area contributed by atoms with Crippen LogP contribution < -0.4 is 0 Å². The van der Waals surface area contributed by atoms with Crippen molar-refractivity contribution in [2.24, 2.45) is 11.8 Å². The third kappa shape index (κ3) is 5.04. The maximum absolute atomic E-state index is 2.40. The molecule has 0 aromatic carbocycles. The maximum atomic E-state index is 2.40. The van der Waals surface area contributed by atoms with Gasteiger partial charge in [-0.25, -0.2) is 0 Å². The summed E-state index contributed by atoms with van der Waals surface area (Å²) in [6, 6.07) is 0. The fourth-order valence-electron chi connectivity index (χ4n) is 3.24. The minimum Gasteiger partial charge on any atom is -0.0651 e. The maximum Gasteiger partial charge on any atom is -0.0389 e. The van der Waals surface area contributed by atoms with Crippen molar-refractivity contribution in [1.29, 1.82) is 0 Å². The second kappa shape index (κ2) is 8.19. The minimum atomic E-state index is 1.04. The topological polar surface area (TPSA) is 0 Å². The molecule has 15 heavy (non-hydrogen) atoms. The Bertz CT molecular complexity index is 123. The summed E-state index contributed by atoms with van der Waals surface area (Å²) in [7, 11) is 0. The molecule has 0 spiro atoms. The Kier molecular flexibility index (Phi) is 7.13. The van der Waals surface area contributed by atoms with Gasteiger partial charge in [0.05, 0.1) is 0 Å². The van der Waals surface area contributed by atoms with Crippen molar-refractivity contribution < 1.29 is 0 Å². The lowest BCUT2D eigenvalue weighted by atomic mass is 9.81. The van der Waals surface area contributed by atoms with Gasteiger partial charge in [-0.15, -0.1) is 0 Å². The first-order valence-corrected chi connectivity index (χ1v) is 7.38. The van der Waals surface area contributed by atoms with Crippen LogP contribution in [0, 0.1) is 11.8 Å². The van der Waals surface area contributed by atoms with Crippen LogP contribution in [0.5, 0.6) is 0 Å². The fourth-order valence-corrected chi connectivity index (χ4v) is 3.24. The predicted octanol–water partition coefficient (Wildman–Crippen LogP) is 5.56. The van der Waals surface area contributed by atoms with Crippen LogP contribution in [0.4, 0.5) is 0 Å². The van der Waals surface area contributed by atoms with Crippen molar-refractivity contribution in [3.8, 4) is 0 Å². The second-order valence-electron chi connectivity index (χ2n) is 5.39. The van der Waals surface area contributed by atoms with Crippen LogP contribution in [-0.2, 0) is 0 Å². The zero-order valence-electron chi connectivity index (χ0n) is 10.9. The van der Waals surface area contributed by atoms with Crippen molar-refractivity contribution in [3.63, 3.8) is 0 Å². The third-order valence-corrected chi connectivity index (χ3v) is 4.37. The Morgan fingerprint density at radius 1 is 0.600 bits per heavy atom. The number of rotatable bonds is 2. The largest absolute Gasteiger partial charge is 0.0651 e. The van der Waals surface area contributed by atoms with Crippen molar-refractivity contribution in [3.05, 3.63) is 0 Å². The van der Waals surface area contributed by atoms with E-state index in [4.69, 9.17) is 0 Å². The highest BCUT2D eigenvalue weighted by Crippen LogP contribution is 2.30. The molecule has 1 aliphatic carbocycles. The summed E-state index contributed by atoms with van der Waals surface area (Å²) in [5.74, 6) is 2.07. The molecule has 0 heteroatoms. The van der Waals surface area contributed by atoms with Gasteiger partial charge in [0, 0.05) is 0 Å². The molecule has 0 N–H and O–H groups in total. The summed E-state index contributed by atoms with van der Waals surface area (Å²) in [5, 5.41) is 0. The van der Waals surface area contributed by atoms with E-state index in [1.807, 2.05) is 0 Å². The molecule has 2 atom stereocenters. The lowest BCUT2D eigenvalue weighted by Gasteiger charge is -2.25. The van der Waals surface area contributed by atoms with Gasteiger partial charge in [0.2, 0.25) is 0 Å². The molecule has 0 aromatic rings. The van der Waals surface area contributed by atoms with Gasteiger partial charge in [0.25, 0.3) is 0 Å². The summed E-state index contributed by atoms with van der Waals surface area (Å²) in [4.78, 5) is 0. The third-order valence-electron chi connectivity index (χ3n) is 4.37. The van der Waals surface area contributed by atoms with E-state index in [0.29, 0.717) is 0 Å². The van der Waals surface area contributed by atoms with Crippen LogP contribution in [0.3, 0.4) is 0 Å². The summed E-state index contributed by atoms with van der Waals surface area (Å²) in [6.45, 7) is 4.79. The summed E-state index contributed by atoms with van der Waals surface area (Å²) in [5.41, 5.74) is 0. The summed E-state index contributed by atoms with van der Waals surface area (Å²) < 4.78 is 0. The molecule has 90 valence electrons. The second-order valence-corrected chi connectivity index (χ2v) is 5.39. The van der Waals surface area contributed by atoms with Crippen LogP contribution >= 0.6 is 0 Å². The normalized spacial score (nSPS) is 30.8. The summed E-state index contributed by atoms with van der Waals surface area (Å²) in [6.07, 6.45) is 16.3. The first kappa shape index (κ1) is 13.1. The molecule has 0 heterocycles. The highest BCUT2D eigenvalue weighted by Gasteiger charge is 2.17. The molecular formula is C15H30. The van der Waals surface area contributed by atoms with Gasteiger partial charge in [0.1, 0.15) is 0 Å². The van der Waals surface area contributed by atoms with E-state index in [-0.39, 0.29) is 0 Å². The van der Waals surface area contributed by atoms with Gasteiger partial charge in [-0.2, -0.15) is 0 Å². The molecule has 0 bridgehead atoms. The predicted molar refractivity (Wildman–Crippen MR) is 69.1 cm³/mol. The Hall–Kier alpha value is 0. The van der Waals surface area contributed by atoms with Crippen LogP contribution in [0.1, 0.15) is 84.5 Å². The minimum absolute atomic E-state index is 1.04. The van der Waals surface area contributed by atoms with E-state index in [1.165, 1.54) is 70.6 Å². The highest BCUT2D eigenvalue weighted by molar-refractivity contribution is 4.69. The van der Waals surface area contributed by atoms with Crippen molar-refractivity contribution in [2.75, 3.05) is 0 Å². The molecule has 0 radical (unpaired) electrons. The Labute approximate surface area is 96.8 Å². The number of hydrogen-bond acceptors (Lipinski definition) is 0. The van der Waals surface area contributed by atoms with Gasteiger partial charge in [0.15, 0.2) is 0 Å². The molecule has 1 rings (SSSR count). The zero-order chi connectivity index (χ0) is 10.9.